The number of carbonyl (C=O) groups is 1. The predicted molar refractivity (Wildman–Crippen MR) is 137 cm³/mol. The molecule has 0 radical (unpaired) electrons. The van der Waals surface area contributed by atoms with Gasteiger partial charge in [-0.1, -0.05) is 29.9 Å². The lowest BCUT2D eigenvalue weighted by atomic mass is 9.82. The fourth-order valence-electron chi connectivity index (χ4n) is 4.50. The largest absolute Gasteiger partial charge is 0.508 e. The summed E-state index contributed by atoms with van der Waals surface area (Å²) in [5.74, 6) is -0.153. The molecule has 6 heteroatoms. The Bertz CT molecular complexity index is 1160. The fourth-order valence-corrected chi connectivity index (χ4v) is 4.50. The van der Waals surface area contributed by atoms with Crippen LogP contribution in [0.1, 0.15) is 67.6 Å². The minimum Gasteiger partial charge on any atom is -0.508 e. The molecule has 0 aliphatic carbocycles. The molecule has 0 saturated heterocycles. The number of methoxy groups -OCH3 is 1. The van der Waals surface area contributed by atoms with Crippen LogP contribution in [0.5, 0.6) is 23.0 Å². The van der Waals surface area contributed by atoms with Gasteiger partial charge in [0, 0.05) is 23.1 Å². The molecule has 35 heavy (non-hydrogen) atoms. The van der Waals surface area contributed by atoms with Crippen molar-refractivity contribution in [2.24, 2.45) is 5.92 Å². The van der Waals surface area contributed by atoms with Crippen LogP contribution in [-0.2, 0) is 12.8 Å². The van der Waals surface area contributed by atoms with Gasteiger partial charge < -0.3 is 24.8 Å². The summed E-state index contributed by atoms with van der Waals surface area (Å²) in [4.78, 5) is 13.7. The number of phenolic OH excluding ortho intramolecular Hbond substituents is 2. The number of rotatable bonds is 9. The van der Waals surface area contributed by atoms with Gasteiger partial charge in [0.05, 0.1) is 13.2 Å². The van der Waals surface area contributed by atoms with Crippen molar-refractivity contribution in [1.29, 1.82) is 0 Å². The predicted octanol–water partition coefficient (Wildman–Crippen LogP) is 5.50. The van der Waals surface area contributed by atoms with E-state index in [1.807, 2.05) is 13.8 Å². The molecule has 3 N–H and O–H groups in total. The third kappa shape index (κ3) is 5.38. The van der Waals surface area contributed by atoms with Crippen LogP contribution in [0.25, 0.3) is 0 Å². The Labute approximate surface area is 207 Å². The standard InChI is InChI=1S/C29H36O6/c1-16(2)11-12-18(17(3)4)14-21-26(33)24(25(32)19-9-8-10-20(30)13-19)28-22(27(21)34-7)15-23(31)29(5,6)35-28/h8-10,13,18,23,30-31,33H,1,3,11-12,14-15H2,2,4-7H3. The van der Waals surface area contributed by atoms with Gasteiger partial charge in [-0.2, -0.15) is 0 Å². The van der Waals surface area contributed by atoms with Crippen molar-refractivity contribution in [3.8, 4) is 23.0 Å². The molecule has 0 bridgehead atoms. The maximum Gasteiger partial charge on any atom is 0.200 e. The Balaban J connectivity index is 2.25. The summed E-state index contributed by atoms with van der Waals surface area (Å²) in [7, 11) is 1.51. The molecule has 1 aliphatic heterocycles. The first-order chi connectivity index (χ1) is 16.4. The number of fused-ring (bicyclic) bond motifs is 1. The van der Waals surface area contributed by atoms with Crippen LogP contribution in [0.4, 0.5) is 0 Å². The SMILES string of the molecule is C=C(C)CCC(Cc1c(O)c(C(=O)c2cccc(O)c2)c2c(c1OC)CC(O)C(C)(C)O2)C(=C)C. The van der Waals surface area contributed by atoms with E-state index in [0.717, 1.165) is 24.0 Å². The normalized spacial score (nSPS) is 17.1. The molecule has 0 spiro atoms. The number of carbonyl (C=O) groups excluding carboxylic acids is 1. The van der Waals surface area contributed by atoms with Crippen LogP contribution in [0.2, 0.25) is 0 Å². The van der Waals surface area contributed by atoms with Crippen molar-refractivity contribution >= 4 is 5.78 Å². The third-order valence-corrected chi connectivity index (χ3v) is 6.74. The van der Waals surface area contributed by atoms with Crippen molar-refractivity contribution in [2.45, 2.75) is 65.1 Å². The van der Waals surface area contributed by atoms with Crippen molar-refractivity contribution < 1.29 is 29.6 Å². The second-order valence-electron chi connectivity index (χ2n) is 10.1. The fraction of sp³-hybridized carbons (Fsp3) is 0.414. The molecule has 0 amide bonds. The molecule has 2 unspecified atom stereocenters. The van der Waals surface area contributed by atoms with E-state index in [1.165, 1.54) is 19.2 Å². The Hall–Kier alpha value is -3.25. The van der Waals surface area contributed by atoms with Crippen LogP contribution in [0.3, 0.4) is 0 Å². The number of ether oxygens (including phenoxy) is 2. The van der Waals surface area contributed by atoms with Crippen LogP contribution in [0, 0.1) is 5.92 Å². The maximum absolute atomic E-state index is 13.7. The molecule has 0 aromatic heterocycles. The lowest BCUT2D eigenvalue weighted by molar-refractivity contribution is -0.0422. The average Bonchev–Trinajstić information content (AvgIpc) is 2.77. The van der Waals surface area contributed by atoms with Gasteiger partial charge in [-0.05, 0) is 65.0 Å². The van der Waals surface area contributed by atoms with Crippen molar-refractivity contribution in [2.75, 3.05) is 7.11 Å². The average molecular weight is 481 g/mol. The van der Waals surface area contributed by atoms with Crippen LogP contribution < -0.4 is 9.47 Å². The smallest absolute Gasteiger partial charge is 0.200 e. The second-order valence-corrected chi connectivity index (χ2v) is 10.1. The van der Waals surface area contributed by atoms with Gasteiger partial charge in [0.1, 0.15) is 34.2 Å². The lowest BCUT2D eigenvalue weighted by Gasteiger charge is -2.39. The van der Waals surface area contributed by atoms with E-state index in [9.17, 15) is 20.1 Å². The van der Waals surface area contributed by atoms with Crippen LogP contribution in [0.15, 0.2) is 48.6 Å². The Morgan fingerprint density at radius 2 is 1.94 bits per heavy atom. The minimum atomic E-state index is -0.985. The number of ketones is 1. The number of aliphatic hydroxyl groups is 1. The third-order valence-electron chi connectivity index (χ3n) is 6.74. The minimum absolute atomic E-state index is 0.00161. The molecule has 2 atom stereocenters. The molecular weight excluding hydrogens is 444 g/mol. The molecule has 0 saturated carbocycles. The summed E-state index contributed by atoms with van der Waals surface area (Å²) in [6.45, 7) is 15.5. The summed E-state index contributed by atoms with van der Waals surface area (Å²) in [6, 6.07) is 5.97. The lowest BCUT2D eigenvalue weighted by Crippen LogP contribution is -2.47. The number of aromatic hydroxyl groups is 2. The second kappa shape index (κ2) is 10.2. The van der Waals surface area contributed by atoms with E-state index in [2.05, 4.69) is 13.2 Å². The molecule has 0 fully saturated rings. The molecule has 1 aliphatic rings. The zero-order chi connectivity index (χ0) is 26.1. The number of allylic oxidation sites excluding steroid dienone is 2. The van der Waals surface area contributed by atoms with E-state index in [4.69, 9.17) is 9.47 Å². The van der Waals surface area contributed by atoms with Crippen molar-refractivity contribution in [3.63, 3.8) is 0 Å². The zero-order valence-electron chi connectivity index (χ0n) is 21.3. The first-order valence-corrected chi connectivity index (χ1v) is 11.8. The molecule has 3 rings (SSSR count). The highest BCUT2D eigenvalue weighted by molar-refractivity contribution is 6.13. The van der Waals surface area contributed by atoms with E-state index < -0.39 is 17.5 Å². The van der Waals surface area contributed by atoms with Crippen LogP contribution in [-0.4, -0.2) is 39.9 Å². The molecule has 1 heterocycles. The van der Waals surface area contributed by atoms with Crippen molar-refractivity contribution in [3.05, 3.63) is 70.8 Å². The topological polar surface area (TPSA) is 96.2 Å². The molecular formula is C29H36O6. The first-order valence-electron chi connectivity index (χ1n) is 11.8. The Morgan fingerprint density at radius 3 is 2.51 bits per heavy atom. The molecule has 2 aromatic carbocycles. The highest BCUT2D eigenvalue weighted by atomic mass is 16.5. The Morgan fingerprint density at radius 1 is 1.26 bits per heavy atom. The van der Waals surface area contributed by atoms with Crippen molar-refractivity contribution in [1.82, 2.24) is 0 Å². The van der Waals surface area contributed by atoms with Gasteiger partial charge in [0.15, 0.2) is 0 Å². The maximum atomic E-state index is 13.7. The molecule has 2 aromatic rings. The summed E-state index contributed by atoms with van der Waals surface area (Å²) in [5.41, 5.74) is 2.24. The molecule has 6 nitrogen and oxygen atoms in total. The van der Waals surface area contributed by atoms with Gasteiger partial charge >= 0.3 is 0 Å². The highest BCUT2D eigenvalue weighted by Gasteiger charge is 2.42. The summed E-state index contributed by atoms with van der Waals surface area (Å²) < 4.78 is 11.9. The van der Waals surface area contributed by atoms with Gasteiger partial charge in [-0.3, -0.25) is 4.79 Å². The number of phenols is 2. The van der Waals surface area contributed by atoms with E-state index in [0.29, 0.717) is 23.3 Å². The monoisotopic (exact) mass is 480 g/mol. The number of hydrogen-bond acceptors (Lipinski definition) is 6. The molecule has 188 valence electrons. The van der Waals surface area contributed by atoms with E-state index in [-0.39, 0.29) is 40.7 Å². The summed E-state index contributed by atoms with van der Waals surface area (Å²) >= 11 is 0. The summed E-state index contributed by atoms with van der Waals surface area (Å²) in [5, 5.41) is 32.3. The number of aliphatic hydroxyl groups excluding tert-OH is 1. The van der Waals surface area contributed by atoms with Gasteiger partial charge in [-0.15, -0.1) is 6.58 Å². The first kappa shape index (κ1) is 26.4. The van der Waals surface area contributed by atoms with Gasteiger partial charge in [0.2, 0.25) is 5.78 Å². The summed E-state index contributed by atoms with van der Waals surface area (Å²) in [6.07, 6.45) is 1.33. The van der Waals surface area contributed by atoms with E-state index in [1.54, 1.807) is 26.0 Å². The van der Waals surface area contributed by atoms with Gasteiger partial charge in [0.25, 0.3) is 0 Å². The van der Waals surface area contributed by atoms with Crippen LogP contribution >= 0.6 is 0 Å². The quantitative estimate of drug-likeness (QED) is 0.324. The number of hydrogen-bond donors (Lipinski definition) is 3. The number of benzene rings is 2. The highest BCUT2D eigenvalue weighted by Crippen LogP contribution is 2.50. The Kier molecular flexibility index (Phi) is 7.65. The van der Waals surface area contributed by atoms with E-state index >= 15 is 0 Å². The van der Waals surface area contributed by atoms with Gasteiger partial charge in [-0.25, -0.2) is 0 Å². The zero-order valence-corrected chi connectivity index (χ0v) is 21.3.